The summed E-state index contributed by atoms with van der Waals surface area (Å²) in [5, 5.41) is 0. The molecule has 2 nitrogen and oxygen atoms in total. The molecule has 0 heterocycles. The molecule has 0 aliphatic rings. The van der Waals surface area contributed by atoms with Crippen LogP contribution in [0.3, 0.4) is 0 Å². The summed E-state index contributed by atoms with van der Waals surface area (Å²) < 4.78 is 0. The predicted octanol–water partition coefficient (Wildman–Crippen LogP) is 1.65. The molecular weight excluding hydrogens is 138 g/mol. The average Bonchev–Trinajstić information content (AvgIpc) is 2.04. The van der Waals surface area contributed by atoms with Gasteiger partial charge in [-0.2, -0.15) is 0 Å². The van der Waals surface area contributed by atoms with Gasteiger partial charge in [-0.3, -0.25) is 4.79 Å². The first-order chi connectivity index (χ1) is 5.31. The summed E-state index contributed by atoms with van der Waals surface area (Å²) >= 11 is 0. The molecule has 0 amide bonds. The first-order valence-corrected chi connectivity index (χ1v) is 4.14. The Labute approximate surface area is 68.5 Å². The van der Waals surface area contributed by atoms with Crippen LogP contribution in [0, 0.1) is 0 Å². The van der Waals surface area contributed by atoms with E-state index in [1.165, 1.54) is 0 Å². The van der Waals surface area contributed by atoms with Crippen molar-refractivity contribution < 1.29 is 4.79 Å². The molecule has 0 aliphatic carbocycles. The Balaban J connectivity index is 3.01. The average molecular weight is 155 g/mol. The van der Waals surface area contributed by atoms with Crippen molar-refractivity contribution in [1.29, 1.82) is 0 Å². The van der Waals surface area contributed by atoms with E-state index in [4.69, 9.17) is 5.73 Å². The number of ketones is 1. The Hall–Kier alpha value is -0.630. The fourth-order valence-electron chi connectivity index (χ4n) is 0.890. The van der Waals surface area contributed by atoms with E-state index in [9.17, 15) is 4.79 Å². The molecule has 0 aromatic carbocycles. The first-order valence-electron chi connectivity index (χ1n) is 4.14. The van der Waals surface area contributed by atoms with Crippen molar-refractivity contribution in [3.63, 3.8) is 0 Å². The number of carbonyl (C=O) groups excluding carboxylic acids is 1. The summed E-state index contributed by atoms with van der Waals surface area (Å²) in [4.78, 5) is 10.7. The smallest absolute Gasteiger partial charge is 0.146 e. The highest BCUT2D eigenvalue weighted by atomic mass is 16.1. The summed E-state index contributed by atoms with van der Waals surface area (Å²) in [5.41, 5.74) is 5.15. The van der Waals surface area contributed by atoms with Crippen LogP contribution in [0.15, 0.2) is 12.7 Å². The number of nitrogens with two attached hydrogens (primary N) is 1. The highest BCUT2D eigenvalue weighted by Crippen LogP contribution is 2.02. The van der Waals surface area contributed by atoms with E-state index < -0.39 is 0 Å². The van der Waals surface area contributed by atoms with Gasteiger partial charge in [-0.1, -0.05) is 12.5 Å². The molecule has 0 atom stereocenters. The molecule has 0 rings (SSSR count). The summed E-state index contributed by atoms with van der Waals surface area (Å²) in [6.45, 7) is 3.82. The van der Waals surface area contributed by atoms with Gasteiger partial charge in [-0.15, -0.1) is 6.58 Å². The van der Waals surface area contributed by atoms with Gasteiger partial charge < -0.3 is 5.73 Å². The zero-order valence-corrected chi connectivity index (χ0v) is 7.01. The van der Waals surface area contributed by atoms with Crippen LogP contribution in [0.25, 0.3) is 0 Å². The standard InChI is InChI=1S/C9H17NO/c1-2-3-4-5-6-7-9(11)8-10/h2H,1,3-8,10H2. The second-order valence-electron chi connectivity index (χ2n) is 2.63. The number of hydrogen-bond acceptors (Lipinski definition) is 2. The lowest BCUT2D eigenvalue weighted by atomic mass is 10.1. The highest BCUT2D eigenvalue weighted by Gasteiger charge is 1.96. The van der Waals surface area contributed by atoms with Crippen LogP contribution in [-0.4, -0.2) is 12.3 Å². The van der Waals surface area contributed by atoms with Crippen molar-refractivity contribution in [3.05, 3.63) is 12.7 Å². The lowest BCUT2D eigenvalue weighted by Crippen LogP contribution is -2.12. The maximum absolute atomic E-state index is 10.7. The van der Waals surface area contributed by atoms with Crippen molar-refractivity contribution in [1.82, 2.24) is 0 Å². The molecule has 0 aromatic heterocycles. The van der Waals surface area contributed by atoms with Gasteiger partial charge in [-0.05, 0) is 19.3 Å². The van der Waals surface area contributed by atoms with Gasteiger partial charge in [0.25, 0.3) is 0 Å². The fourth-order valence-corrected chi connectivity index (χ4v) is 0.890. The minimum Gasteiger partial charge on any atom is -0.324 e. The summed E-state index contributed by atoms with van der Waals surface area (Å²) in [5.74, 6) is 0.170. The topological polar surface area (TPSA) is 43.1 Å². The van der Waals surface area contributed by atoms with Gasteiger partial charge >= 0.3 is 0 Å². The largest absolute Gasteiger partial charge is 0.324 e. The number of unbranched alkanes of at least 4 members (excludes halogenated alkanes) is 3. The monoisotopic (exact) mass is 155 g/mol. The van der Waals surface area contributed by atoms with Crippen LogP contribution < -0.4 is 5.73 Å². The van der Waals surface area contributed by atoms with E-state index in [0.717, 1.165) is 25.7 Å². The quantitative estimate of drug-likeness (QED) is 0.448. The summed E-state index contributed by atoms with van der Waals surface area (Å²) in [6.07, 6.45) is 6.83. The minimum absolute atomic E-state index is 0.170. The lowest BCUT2D eigenvalue weighted by molar-refractivity contribution is -0.117. The molecular formula is C9H17NO. The first kappa shape index (κ1) is 10.4. The third-order valence-corrected chi connectivity index (χ3v) is 1.59. The van der Waals surface area contributed by atoms with Crippen LogP contribution >= 0.6 is 0 Å². The molecule has 2 N–H and O–H groups in total. The van der Waals surface area contributed by atoms with E-state index in [1.807, 2.05) is 6.08 Å². The van der Waals surface area contributed by atoms with Crippen LogP contribution in [0.2, 0.25) is 0 Å². The van der Waals surface area contributed by atoms with E-state index >= 15 is 0 Å². The Morgan fingerprint density at radius 3 is 2.64 bits per heavy atom. The molecule has 64 valence electrons. The third kappa shape index (κ3) is 7.26. The zero-order valence-electron chi connectivity index (χ0n) is 7.01. The molecule has 11 heavy (non-hydrogen) atoms. The van der Waals surface area contributed by atoms with Crippen LogP contribution in [0.5, 0.6) is 0 Å². The van der Waals surface area contributed by atoms with Crippen molar-refractivity contribution in [3.8, 4) is 0 Å². The van der Waals surface area contributed by atoms with Crippen molar-refractivity contribution in [2.24, 2.45) is 5.73 Å². The van der Waals surface area contributed by atoms with Crippen LogP contribution in [-0.2, 0) is 4.79 Å². The van der Waals surface area contributed by atoms with Gasteiger partial charge in [0, 0.05) is 6.42 Å². The van der Waals surface area contributed by atoms with E-state index in [1.54, 1.807) is 0 Å². The number of allylic oxidation sites excluding steroid dienone is 1. The highest BCUT2D eigenvalue weighted by molar-refractivity contribution is 5.80. The summed E-state index contributed by atoms with van der Waals surface area (Å²) in [7, 11) is 0. The van der Waals surface area contributed by atoms with Gasteiger partial charge in [0.2, 0.25) is 0 Å². The van der Waals surface area contributed by atoms with Crippen LogP contribution in [0.1, 0.15) is 32.1 Å². The molecule has 0 saturated heterocycles. The van der Waals surface area contributed by atoms with Crippen LogP contribution in [0.4, 0.5) is 0 Å². The van der Waals surface area contributed by atoms with Gasteiger partial charge in [0.1, 0.15) is 5.78 Å². The molecule has 2 heteroatoms. The number of hydrogen-bond donors (Lipinski definition) is 1. The molecule has 0 unspecified atom stereocenters. The Bertz CT molecular complexity index is 121. The maximum atomic E-state index is 10.7. The molecule has 0 aromatic rings. The number of Topliss-reactive ketones (excluding diaryl/α,β-unsaturated/α-hetero) is 1. The molecule has 0 radical (unpaired) electrons. The Morgan fingerprint density at radius 1 is 1.36 bits per heavy atom. The molecule has 0 spiro atoms. The second kappa shape index (κ2) is 7.48. The van der Waals surface area contributed by atoms with E-state index in [0.29, 0.717) is 6.42 Å². The fraction of sp³-hybridized carbons (Fsp3) is 0.667. The SMILES string of the molecule is C=CCCCCCC(=O)CN. The third-order valence-electron chi connectivity index (χ3n) is 1.59. The van der Waals surface area contributed by atoms with Crippen molar-refractivity contribution in [2.75, 3.05) is 6.54 Å². The molecule has 0 bridgehead atoms. The van der Waals surface area contributed by atoms with Gasteiger partial charge in [0.15, 0.2) is 0 Å². The van der Waals surface area contributed by atoms with Gasteiger partial charge in [-0.25, -0.2) is 0 Å². The van der Waals surface area contributed by atoms with E-state index in [-0.39, 0.29) is 12.3 Å². The van der Waals surface area contributed by atoms with Gasteiger partial charge in [0.05, 0.1) is 6.54 Å². The zero-order chi connectivity index (χ0) is 8.53. The number of rotatable bonds is 7. The van der Waals surface area contributed by atoms with E-state index in [2.05, 4.69) is 6.58 Å². The maximum Gasteiger partial charge on any atom is 0.146 e. The number of carbonyl (C=O) groups is 1. The second-order valence-corrected chi connectivity index (χ2v) is 2.63. The molecule has 0 fully saturated rings. The minimum atomic E-state index is 0.170. The predicted molar refractivity (Wildman–Crippen MR) is 47.3 cm³/mol. The summed E-state index contributed by atoms with van der Waals surface area (Å²) in [6, 6.07) is 0. The molecule has 0 aliphatic heterocycles. The van der Waals surface area contributed by atoms with Crippen molar-refractivity contribution in [2.45, 2.75) is 32.1 Å². The Kier molecular flexibility index (Phi) is 7.05. The van der Waals surface area contributed by atoms with Crippen molar-refractivity contribution >= 4 is 5.78 Å². The Morgan fingerprint density at radius 2 is 2.09 bits per heavy atom. The lowest BCUT2D eigenvalue weighted by Gasteiger charge is -1.96. The normalized spacial score (nSPS) is 9.55. The molecule has 0 saturated carbocycles.